The zero-order valence-electron chi connectivity index (χ0n) is 7.85. The molecule has 0 radical (unpaired) electrons. The van der Waals surface area contributed by atoms with E-state index in [1.165, 1.54) is 5.56 Å². The number of primary amides is 1. The fourth-order valence-corrected chi connectivity index (χ4v) is 5.72. The number of rotatable bonds is 2. The average Bonchev–Trinajstić information content (AvgIpc) is 2.68. The van der Waals surface area contributed by atoms with E-state index >= 15 is 0 Å². The summed E-state index contributed by atoms with van der Waals surface area (Å²) in [6, 6.07) is 10.5. The first-order chi connectivity index (χ1) is 6.77. The predicted molar refractivity (Wildman–Crippen MR) is 66.8 cm³/mol. The molecule has 0 bridgehead atoms. The van der Waals surface area contributed by atoms with Gasteiger partial charge in [0.25, 0.3) is 0 Å². The van der Waals surface area contributed by atoms with Gasteiger partial charge in [0, 0.05) is 0 Å². The van der Waals surface area contributed by atoms with Crippen LogP contribution in [-0.2, 0) is 4.79 Å². The van der Waals surface area contributed by atoms with Crippen LogP contribution < -0.4 is 5.73 Å². The van der Waals surface area contributed by atoms with Crippen molar-refractivity contribution in [3.63, 3.8) is 0 Å². The van der Waals surface area contributed by atoms with E-state index in [0.29, 0.717) is 3.92 Å². The van der Waals surface area contributed by atoms with Crippen molar-refractivity contribution in [1.29, 1.82) is 0 Å². The molecule has 14 heavy (non-hydrogen) atoms. The summed E-state index contributed by atoms with van der Waals surface area (Å²) in [5.41, 5.74) is 6.73. The van der Waals surface area contributed by atoms with Crippen molar-refractivity contribution < 1.29 is 4.79 Å². The van der Waals surface area contributed by atoms with Gasteiger partial charge in [0.15, 0.2) is 0 Å². The summed E-state index contributed by atoms with van der Waals surface area (Å²) in [4.78, 5) is 11.0. The Morgan fingerprint density at radius 1 is 1.29 bits per heavy atom. The molecule has 2 nitrogen and oxygen atoms in total. The van der Waals surface area contributed by atoms with Gasteiger partial charge in [-0.05, 0) is 0 Å². The number of amides is 1. The van der Waals surface area contributed by atoms with Crippen molar-refractivity contribution in [3.8, 4) is 0 Å². The molecule has 1 aliphatic heterocycles. The van der Waals surface area contributed by atoms with Crippen molar-refractivity contribution in [2.75, 3.05) is 0 Å². The first-order valence-electron chi connectivity index (χ1n) is 4.77. The summed E-state index contributed by atoms with van der Waals surface area (Å²) in [7, 11) is 0. The van der Waals surface area contributed by atoms with Crippen molar-refractivity contribution in [2.45, 2.75) is 20.7 Å². The Morgan fingerprint density at radius 2 is 2.00 bits per heavy atom. The fourth-order valence-electron chi connectivity index (χ4n) is 1.76. The van der Waals surface area contributed by atoms with Gasteiger partial charge in [0.2, 0.25) is 0 Å². The molecular weight excluding hydrogens is 289 g/mol. The molecule has 0 aliphatic carbocycles. The number of alkyl halides is 2. The summed E-state index contributed by atoms with van der Waals surface area (Å²) in [6.07, 6.45) is 2.16. The van der Waals surface area contributed by atoms with Crippen LogP contribution in [0.3, 0.4) is 0 Å². The minimum absolute atomic E-state index is 0.0779. The molecular formula is C11H14INO. The monoisotopic (exact) mass is 303 g/mol. The van der Waals surface area contributed by atoms with Crippen LogP contribution in [0, 0.1) is 0 Å². The van der Waals surface area contributed by atoms with Crippen molar-refractivity contribution in [2.24, 2.45) is 5.73 Å². The molecule has 0 saturated carbocycles. The topological polar surface area (TPSA) is 43.1 Å². The molecule has 2 N–H and O–H groups in total. The standard InChI is InChI=1S/C11H14INO/c13-11(14)10-7-6-9(12-10)8-4-2-1-3-5-8/h1-5,9-10,12H,6-7H2,(H2,13,14). The molecule has 1 aliphatic rings. The Labute approximate surface area is 94.1 Å². The molecule has 1 fully saturated rings. The summed E-state index contributed by atoms with van der Waals surface area (Å²) >= 11 is -0.267. The molecule has 2 atom stereocenters. The molecule has 1 saturated heterocycles. The number of hydrogen-bond acceptors (Lipinski definition) is 1. The van der Waals surface area contributed by atoms with Crippen LogP contribution in [0.2, 0.25) is 0 Å². The van der Waals surface area contributed by atoms with Crippen molar-refractivity contribution >= 4 is 27.1 Å². The van der Waals surface area contributed by atoms with Crippen LogP contribution in [0.15, 0.2) is 30.3 Å². The van der Waals surface area contributed by atoms with Crippen LogP contribution >= 0.6 is 21.2 Å². The van der Waals surface area contributed by atoms with Gasteiger partial charge in [-0.2, -0.15) is 0 Å². The van der Waals surface area contributed by atoms with Gasteiger partial charge < -0.3 is 0 Å². The second-order valence-corrected chi connectivity index (χ2v) is 7.53. The third kappa shape index (κ3) is 2.08. The van der Waals surface area contributed by atoms with Gasteiger partial charge >= 0.3 is 94.2 Å². The third-order valence-corrected chi connectivity index (χ3v) is 7.17. The maximum absolute atomic E-state index is 11.0. The molecule has 3 heteroatoms. The Balaban J connectivity index is 2.06. The number of carbonyl (C=O) groups excluding carboxylic acids is 1. The zero-order chi connectivity index (χ0) is 9.97. The summed E-state index contributed by atoms with van der Waals surface area (Å²) in [5.74, 6) is -0.0779. The van der Waals surface area contributed by atoms with Crippen LogP contribution in [0.1, 0.15) is 22.3 Å². The van der Waals surface area contributed by atoms with E-state index in [1.54, 1.807) is 0 Å². The molecule has 1 heterocycles. The summed E-state index contributed by atoms with van der Waals surface area (Å²) in [6.45, 7) is 0. The molecule has 0 spiro atoms. The maximum atomic E-state index is 11.0. The Hall–Kier alpha value is -0.580. The third-order valence-electron chi connectivity index (χ3n) is 2.51. The van der Waals surface area contributed by atoms with E-state index in [-0.39, 0.29) is 31.0 Å². The van der Waals surface area contributed by atoms with Crippen LogP contribution in [0.25, 0.3) is 0 Å². The minimum atomic E-state index is -0.267. The summed E-state index contributed by atoms with van der Waals surface area (Å²) in [5, 5.41) is 0. The van der Waals surface area contributed by atoms with Gasteiger partial charge in [0.05, 0.1) is 0 Å². The number of carbonyl (C=O) groups is 1. The molecule has 1 aromatic carbocycles. The Morgan fingerprint density at radius 3 is 2.57 bits per heavy atom. The molecule has 0 aromatic heterocycles. The van der Waals surface area contributed by atoms with Gasteiger partial charge in [-0.3, -0.25) is 0 Å². The molecule has 2 rings (SSSR count). The number of hydrogen-bond donors (Lipinski definition) is 1. The van der Waals surface area contributed by atoms with Crippen molar-refractivity contribution in [3.05, 3.63) is 35.9 Å². The second kappa shape index (κ2) is 4.29. The molecule has 1 aromatic rings. The van der Waals surface area contributed by atoms with Crippen LogP contribution in [-0.4, -0.2) is 9.83 Å². The second-order valence-electron chi connectivity index (χ2n) is 3.50. The van der Waals surface area contributed by atoms with Crippen LogP contribution in [0.5, 0.6) is 0 Å². The number of nitrogens with two attached hydrogens (primary N) is 1. The van der Waals surface area contributed by atoms with E-state index in [2.05, 4.69) is 24.3 Å². The average molecular weight is 303 g/mol. The zero-order valence-corrected chi connectivity index (χ0v) is 10.2. The predicted octanol–water partition coefficient (Wildman–Crippen LogP) is 2.08. The van der Waals surface area contributed by atoms with Crippen LogP contribution in [0.4, 0.5) is 0 Å². The van der Waals surface area contributed by atoms with E-state index in [0.717, 1.165) is 12.8 Å². The fraction of sp³-hybridized carbons (Fsp3) is 0.364. The quantitative estimate of drug-likeness (QED) is 0.660. The molecule has 76 valence electrons. The van der Waals surface area contributed by atoms with Gasteiger partial charge in [0.1, 0.15) is 0 Å². The van der Waals surface area contributed by atoms with Gasteiger partial charge in [-0.15, -0.1) is 0 Å². The number of halogens is 1. The van der Waals surface area contributed by atoms with Gasteiger partial charge in [-0.25, -0.2) is 0 Å². The van der Waals surface area contributed by atoms with Gasteiger partial charge in [-0.1, -0.05) is 0 Å². The first-order valence-corrected chi connectivity index (χ1v) is 7.46. The SMILES string of the molecule is NC(=O)C1CCC(c2ccccc2)[IH]1. The first kappa shape index (κ1) is 9.96. The van der Waals surface area contributed by atoms with E-state index in [9.17, 15) is 4.79 Å². The van der Waals surface area contributed by atoms with Crippen molar-refractivity contribution in [1.82, 2.24) is 0 Å². The molecule has 1 amide bonds. The Kier molecular flexibility index (Phi) is 3.05. The normalized spacial score (nSPS) is 26.9. The Bertz CT molecular complexity index is 325. The van der Waals surface area contributed by atoms with E-state index in [4.69, 9.17) is 5.73 Å². The summed E-state index contributed by atoms with van der Waals surface area (Å²) < 4.78 is 0.893. The molecule has 2 unspecified atom stereocenters. The van der Waals surface area contributed by atoms with E-state index < -0.39 is 0 Å². The van der Waals surface area contributed by atoms with E-state index in [1.807, 2.05) is 6.07 Å². The number of benzene rings is 1.